The summed E-state index contributed by atoms with van der Waals surface area (Å²) in [6, 6.07) is 0.239. The van der Waals surface area contributed by atoms with Crippen molar-refractivity contribution in [3.63, 3.8) is 0 Å². The molecule has 0 aromatic heterocycles. The van der Waals surface area contributed by atoms with Crippen LogP contribution in [0.2, 0.25) is 0 Å². The fraction of sp³-hybridized carbons (Fsp3) is 0.900. The monoisotopic (exact) mass is 183 g/mol. The molecule has 2 unspecified atom stereocenters. The molecule has 2 N–H and O–H groups in total. The van der Waals surface area contributed by atoms with E-state index in [0.717, 1.165) is 12.8 Å². The molecule has 0 heterocycles. The van der Waals surface area contributed by atoms with Crippen molar-refractivity contribution in [1.29, 1.82) is 0 Å². The summed E-state index contributed by atoms with van der Waals surface area (Å²) in [5.41, 5.74) is 0.249. The number of carboxylic acids is 1. The lowest BCUT2D eigenvalue weighted by Gasteiger charge is -2.47. The van der Waals surface area contributed by atoms with E-state index >= 15 is 0 Å². The standard InChI is InChI=1S/C10H17NO2/c1-10(5-2-6-10)11-8-4-3-7(8)9(12)13/h7-8,11H,2-6H2,1H3,(H,12,13). The minimum Gasteiger partial charge on any atom is -0.481 e. The molecule has 2 fully saturated rings. The summed E-state index contributed by atoms with van der Waals surface area (Å²) in [6.07, 6.45) is 5.58. The highest BCUT2D eigenvalue weighted by atomic mass is 16.4. The van der Waals surface area contributed by atoms with E-state index in [0.29, 0.717) is 0 Å². The van der Waals surface area contributed by atoms with E-state index in [1.54, 1.807) is 0 Å². The Morgan fingerprint density at radius 3 is 2.46 bits per heavy atom. The van der Waals surface area contributed by atoms with Crippen LogP contribution in [-0.2, 0) is 4.79 Å². The summed E-state index contributed by atoms with van der Waals surface area (Å²) in [6.45, 7) is 2.20. The van der Waals surface area contributed by atoms with Crippen LogP contribution in [0.4, 0.5) is 0 Å². The van der Waals surface area contributed by atoms with Crippen LogP contribution in [0, 0.1) is 5.92 Å². The summed E-state index contributed by atoms with van der Waals surface area (Å²) in [5, 5.41) is 12.3. The largest absolute Gasteiger partial charge is 0.481 e. The molecular weight excluding hydrogens is 166 g/mol. The lowest BCUT2D eigenvalue weighted by molar-refractivity contribution is -0.146. The Labute approximate surface area is 78.5 Å². The molecule has 0 saturated heterocycles. The number of nitrogens with one attached hydrogen (secondary N) is 1. The molecule has 0 bridgehead atoms. The molecule has 3 nitrogen and oxygen atoms in total. The van der Waals surface area contributed by atoms with Crippen LogP contribution in [0.3, 0.4) is 0 Å². The molecule has 2 aliphatic rings. The molecular formula is C10H17NO2. The highest BCUT2D eigenvalue weighted by Gasteiger charge is 2.42. The van der Waals surface area contributed by atoms with Gasteiger partial charge < -0.3 is 10.4 Å². The summed E-state index contributed by atoms with van der Waals surface area (Å²) < 4.78 is 0. The first-order valence-electron chi connectivity index (χ1n) is 5.11. The molecule has 2 aliphatic carbocycles. The second-order valence-corrected chi connectivity index (χ2v) is 4.69. The summed E-state index contributed by atoms with van der Waals surface area (Å²) >= 11 is 0. The van der Waals surface area contributed by atoms with Gasteiger partial charge in [-0.25, -0.2) is 0 Å². The van der Waals surface area contributed by atoms with Crippen LogP contribution >= 0.6 is 0 Å². The van der Waals surface area contributed by atoms with Gasteiger partial charge in [0.05, 0.1) is 5.92 Å². The predicted molar refractivity (Wildman–Crippen MR) is 49.5 cm³/mol. The molecule has 74 valence electrons. The van der Waals surface area contributed by atoms with Gasteiger partial charge in [0.15, 0.2) is 0 Å². The van der Waals surface area contributed by atoms with Gasteiger partial charge in [0.1, 0.15) is 0 Å². The van der Waals surface area contributed by atoms with E-state index in [2.05, 4.69) is 12.2 Å². The fourth-order valence-electron chi connectivity index (χ4n) is 2.27. The van der Waals surface area contributed by atoms with Crippen molar-refractivity contribution in [3.05, 3.63) is 0 Å². The van der Waals surface area contributed by atoms with E-state index < -0.39 is 5.97 Å². The van der Waals surface area contributed by atoms with Crippen LogP contribution in [0.5, 0.6) is 0 Å². The van der Waals surface area contributed by atoms with E-state index in [1.165, 1.54) is 19.3 Å². The maximum atomic E-state index is 10.7. The van der Waals surface area contributed by atoms with Gasteiger partial charge in [-0.2, -0.15) is 0 Å². The van der Waals surface area contributed by atoms with E-state index in [-0.39, 0.29) is 17.5 Å². The number of hydrogen-bond donors (Lipinski definition) is 2. The Balaban J connectivity index is 1.85. The highest BCUT2D eigenvalue weighted by Crippen LogP contribution is 2.36. The van der Waals surface area contributed by atoms with Gasteiger partial charge in [0.25, 0.3) is 0 Å². The first-order valence-corrected chi connectivity index (χ1v) is 5.11. The number of carboxylic acid groups (broad SMARTS) is 1. The Morgan fingerprint density at radius 2 is 2.15 bits per heavy atom. The average Bonchev–Trinajstić information content (AvgIpc) is 1.93. The molecule has 0 aliphatic heterocycles. The van der Waals surface area contributed by atoms with Crippen LogP contribution in [0.1, 0.15) is 39.0 Å². The minimum absolute atomic E-state index is 0.127. The molecule has 2 rings (SSSR count). The quantitative estimate of drug-likeness (QED) is 0.695. The smallest absolute Gasteiger partial charge is 0.308 e. The van der Waals surface area contributed by atoms with Gasteiger partial charge >= 0.3 is 5.97 Å². The van der Waals surface area contributed by atoms with Gasteiger partial charge in [-0.05, 0) is 39.0 Å². The van der Waals surface area contributed by atoms with Crippen molar-refractivity contribution in [1.82, 2.24) is 5.32 Å². The Kier molecular flexibility index (Phi) is 2.06. The second-order valence-electron chi connectivity index (χ2n) is 4.69. The van der Waals surface area contributed by atoms with Crippen molar-refractivity contribution in [2.45, 2.75) is 50.6 Å². The molecule has 0 spiro atoms. The van der Waals surface area contributed by atoms with E-state index in [4.69, 9.17) is 5.11 Å². The molecule has 0 amide bonds. The maximum Gasteiger partial charge on any atom is 0.308 e. The number of hydrogen-bond acceptors (Lipinski definition) is 2. The van der Waals surface area contributed by atoms with Crippen LogP contribution in [0.15, 0.2) is 0 Å². The van der Waals surface area contributed by atoms with Crippen molar-refractivity contribution in [2.75, 3.05) is 0 Å². The Hall–Kier alpha value is -0.570. The van der Waals surface area contributed by atoms with Crippen LogP contribution < -0.4 is 5.32 Å². The summed E-state index contributed by atoms with van der Waals surface area (Å²) in [5.74, 6) is -0.760. The molecule has 2 saturated carbocycles. The molecule has 0 aromatic carbocycles. The zero-order valence-electron chi connectivity index (χ0n) is 8.05. The van der Waals surface area contributed by atoms with Crippen LogP contribution in [-0.4, -0.2) is 22.7 Å². The van der Waals surface area contributed by atoms with Crippen molar-refractivity contribution < 1.29 is 9.90 Å². The first-order chi connectivity index (χ1) is 6.11. The average molecular weight is 183 g/mol. The van der Waals surface area contributed by atoms with E-state index in [1.807, 2.05) is 0 Å². The van der Waals surface area contributed by atoms with Gasteiger partial charge in [-0.15, -0.1) is 0 Å². The molecule has 2 atom stereocenters. The van der Waals surface area contributed by atoms with Gasteiger partial charge in [0, 0.05) is 11.6 Å². The van der Waals surface area contributed by atoms with Crippen molar-refractivity contribution in [2.24, 2.45) is 5.92 Å². The third-order valence-electron chi connectivity index (χ3n) is 3.58. The van der Waals surface area contributed by atoms with Crippen molar-refractivity contribution in [3.8, 4) is 0 Å². The maximum absolute atomic E-state index is 10.7. The Morgan fingerprint density at radius 1 is 1.46 bits per heavy atom. The van der Waals surface area contributed by atoms with Gasteiger partial charge in [-0.3, -0.25) is 4.79 Å². The third kappa shape index (κ3) is 1.57. The molecule has 3 heteroatoms. The fourth-order valence-corrected chi connectivity index (χ4v) is 2.27. The predicted octanol–water partition coefficient (Wildman–Crippen LogP) is 1.38. The third-order valence-corrected chi connectivity index (χ3v) is 3.58. The highest BCUT2D eigenvalue weighted by molar-refractivity contribution is 5.72. The number of carbonyl (C=O) groups is 1. The molecule has 13 heavy (non-hydrogen) atoms. The molecule has 0 radical (unpaired) electrons. The van der Waals surface area contributed by atoms with Crippen LogP contribution in [0.25, 0.3) is 0 Å². The SMILES string of the molecule is CC1(NC2CCC2C(=O)O)CCC1. The minimum atomic E-state index is -0.633. The lowest BCUT2D eigenvalue weighted by Crippen LogP contribution is -2.59. The van der Waals surface area contributed by atoms with Gasteiger partial charge in [0.2, 0.25) is 0 Å². The van der Waals surface area contributed by atoms with Gasteiger partial charge in [-0.1, -0.05) is 0 Å². The zero-order chi connectivity index (χ0) is 9.47. The second kappa shape index (κ2) is 2.98. The first kappa shape index (κ1) is 9.00. The topological polar surface area (TPSA) is 49.3 Å². The number of rotatable bonds is 3. The molecule has 0 aromatic rings. The Bertz CT molecular complexity index is 223. The lowest BCUT2D eigenvalue weighted by atomic mass is 9.73. The normalized spacial score (nSPS) is 36.1. The zero-order valence-corrected chi connectivity index (χ0v) is 8.05. The number of aliphatic carboxylic acids is 1. The van der Waals surface area contributed by atoms with E-state index in [9.17, 15) is 4.79 Å². The summed E-state index contributed by atoms with van der Waals surface area (Å²) in [7, 11) is 0. The van der Waals surface area contributed by atoms with Crippen molar-refractivity contribution >= 4 is 5.97 Å². The summed E-state index contributed by atoms with van der Waals surface area (Å²) in [4.78, 5) is 10.7.